The van der Waals surface area contributed by atoms with E-state index in [1.54, 1.807) is 41.6 Å². The summed E-state index contributed by atoms with van der Waals surface area (Å²) in [5, 5.41) is 12.1. The van der Waals surface area contributed by atoms with Gasteiger partial charge in [0.05, 0.1) is 5.92 Å². The minimum absolute atomic E-state index is 0.162. The van der Waals surface area contributed by atoms with Crippen LogP contribution in [-0.2, 0) is 11.4 Å². The quantitative estimate of drug-likeness (QED) is 0.844. The number of aromatic nitrogens is 1. The van der Waals surface area contributed by atoms with E-state index in [9.17, 15) is 14.7 Å². The third-order valence-electron chi connectivity index (χ3n) is 4.56. The first kappa shape index (κ1) is 18.7. The van der Waals surface area contributed by atoms with Gasteiger partial charge in [0.2, 0.25) is 0 Å². The second kappa shape index (κ2) is 8.53. The molecule has 2 atom stereocenters. The summed E-state index contributed by atoms with van der Waals surface area (Å²) in [4.78, 5) is 29.2. The van der Waals surface area contributed by atoms with E-state index in [1.165, 1.54) is 0 Å². The van der Waals surface area contributed by atoms with Crippen LogP contribution in [-0.4, -0.2) is 40.1 Å². The van der Waals surface area contributed by atoms with Crippen molar-refractivity contribution in [3.8, 4) is 5.75 Å². The largest absolute Gasteiger partial charge is 0.489 e. The average molecular weight is 369 g/mol. The number of amides is 2. The summed E-state index contributed by atoms with van der Waals surface area (Å²) in [5.41, 5.74) is 1.66. The van der Waals surface area contributed by atoms with Crippen molar-refractivity contribution in [2.45, 2.75) is 20.0 Å². The molecule has 142 valence electrons. The summed E-state index contributed by atoms with van der Waals surface area (Å²) in [6.45, 7) is 3.20. The molecule has 0 aliphatic carbocycles. The summed E-state index contributed by atoms with van der Waals surface area (Å²) in [5.74, 6) is -0.504. The summed E-state index contributed by atoms with van der Waals surface area (Å²) >= 11 is 0. The Kier molecular flexibility index (Phi) is 5.90. The minimum Gasteiger partial charge on any atom is -0.489 e. The van der Waals surface area contributed by atoms with Gasteiger partial charge in [0.15, 0.2) is 0 Å². The molecule has 1 saturated heterocycles. The number of piperidine rings is 1. The fourth-order valence-corrected chi connectivity index (χ4v) is 3.18. The van der Waals surface area contributed by atoms with Crippen molar-refractivity contribution in [1.82, 2.24) is 9.88 Å². The third-order valence-corrected chi connectivity index (χ3v) is 4.56. The molecule has 3 rings (SSSR count). The van der Waals surface area contributed by atoms with Gasteiger partial charge in [0.1, 0.15) is 12.4 Å². The molecular weight excluding hydrogens is 346 g/mol. The van der Waals surface area contributed by atoms with E-state index in [0.29, 0.717) is 31.0 Å². The van der Waals surface area contributed by atoms with Gasteiger partial charge in [-0.05, 0) is 54.3 Å². The van der Waals surface area contributed by atoms with Crippen LogP contribution in [0.15, 0.2) is 48.8 Å². The molecule has 7 nitrogen and oxygen atoms in total. The molecule has 1 aromatic heterocycles. The number of carbonyl (C=O) groups excluding carboxylic acids is 1. The smallest absolute Gasteiger partial charge is 0.321 e. The number of nitrogens with zero attached hydrogens (tertiary/aromatic N) is 2. The summed E-state index contributed by atoms with van der Waals surface area (Å²) in [7, 11) is 0. The van der Waals surface area contributed by atoms with Gasteiger partial charge in [-0.15, -0.1) is 0 Å². The molecule has 2 unspecified atom stereocenters. The highest BCUT2D eigenvalue weighted by Crippen LogP contribution is 2.23. The lowest BCUT2D eigenvalue weighted by Gasteiger charge is -2.34. The van der Waals surface area contributed by atoms with Crippen molar-refractivity contribution in [2.75, 3.05) is 18.4 Å². The highest BCUT2D eigenvalue weighted by Gasteiger charge is 2.31. The van der Waals surface area contributed by atoms with E-state index < -0.39 is 11.9 Å². The molecule has 2 heterocycles. The molecule has 27 heavy (non-hydrogen) atoms. The number of aliphatic carboxylic acids is 1. The topological polar surface area (TPSA) is 91.8 Å². The second-order valence-electron chi connectivity index (χ2n) is 6.88. The van der Waals surface area contributed by atoms with E-state index >= 15 is 0 Å². The van der Waals surface area contributed by atoms with Gasteiger partial charge in [0.25, 0.3) is 0 Å². The first-order valence-corrected chi connectivity index (χ1v) is 8.92. The second-order valence-corrected chi connectivity index (χ2v) is 6.88. The molecule has 0 radical (unpaired) electrons. The number of benzene rings is 1. The van der Waals surface area contributed by atoms with Crippen LogP contribution >= 0.6 is 0 Å². The zero-order valence-corrected chi connectivity index (χ0v) is 15.2. The van der Waals surface area contributed by atoms with Crippen LogP contribution < -0.4 is 10.1 Å². The van der Waals surface area contributed by atoms with Crippen molar-refractivity contribution in [3.63, 3.8) is 0 Å². The highest BCUT2D eigenvalue weighted by molar-refractivity contribution is 5.89. The zero-order chi connectivity index (χ0) is 19.2. The number of hydrogen-bond acceptors (Lipinski definition) is 4. The van der Waals surface area contributed by atoms with Crippen LogP contribution in [0.2, 0.25) is 0 Å². The first-order valence-electron chi connectivity index (χ1n) is 8.92. The van der Waals surface area contributed by atoms with E-state index in [-0.39, 0.29) is 18.5 Å². The Morgan fingerprint density at radius 1 is 1.19 bits per heavy atom. The van der Waals surface area contributed by atoms with Crippen LogP contribution in [0.25, 0.3) is 0 Å². The Bertz CT molecular complexity index is 780. The molecule has 2 amide bonds. The SMILES string of the molecule is CC1CC(C(=O)O)CN(C(=O)Nc2ccc(OCc3ccncc3)cc2)C1. The predicted molar refractivity (Wildman–Crippen MR) is 101 cm³/mol. The van der Waals surface area contributed by atoms with Crippen molar-refractivity contribution in [3.05, 3.63) is 54.4 Å². The number of rotatable bonds is 5. The normalized spacial score (nSPS) is 19.4. The number of pyridine rings is 1. The summed E-state index contributed by atoms with van der Waals surface area (Å²) in [6, 6.07) is 10.6. The van der Waals surface area contributed by atoms with Gasteiger partial charge in [-0.3, -0.25) is 9.78 Å². The number of likely N-dealkylation sites (tertiary alicyclic amines) is 1. The van der Waals surface area contributed by atoms with Crippen LogP contribution in [0.3, 0.4) is 0 Å². The van der Waals surface area contributed by atoms with Gasteiger partial charge in [0, 0.05) is 31.2 Å². The van der Waals surface area contributed by atoms with Crippen molar-refractivity contribution < 1.29 is 19.4 Å². The molecule has 2 aromatic rings. The molecule has 7 heteroatoms. The predicted octanol–water partition coefficient (Wildman–Crippen LogP) is 3.24. The lowest BCUT2D eigenvalue weighted by molar-refractivity contribution is -0.143. The lowest BCUT2D eigenvalue weighted by atomic mass is 9.91. The molecule has 1 aliphatic heterocycles. The fourth-order valence-electron chi connectivity index (χ4n) is 3.18. The third kappa shape index (κ3) is 5.20. The molecule has 0 saturated carbocycles. The Morgan fingerprint density at radius 2 is 1.89 bits per heavy atom. The Hall–Kier alpha value is -3.09. The summed E-state index contributed by atoms with van der Waals surface area (Å²) in [6.07, 6.45) is 4.03. The average Bonchev–Trinajstić information content (AvgIpc) is 2.67. The van der Waals surface area contributed by atoms with E-state index in [0.717, 1.165) is 5.56 Å². The highest BCUT2D eigenvalue weighted by atomic mass is 16.5. The minimum atomic E-state index is -0.852. The number of carbonyl (C=O) groups is 2. The van der Waals surface area contributed by atoms with Crippen LogP contribution in [0.1, 0.15) is 18.9 Å². The van der Waals surface area contributed by atoms with Gasteiger partial charge in [-0.1, -0.05) is 6.92 Å². The van der Waals surface area contributed by atoms with Gasteiger partial charge in [-0.2, -0.15) is 0 Å². The Morgan fingerprint density at radius 3 is 2.56 bits per heavy atom. The maximum atomic E-state index is 12.5. The van der Waals surface area contributed by atoms with E-state index in [4.69, 9.17) is 4.74 Å². The number of hydrogen-bond donors (Lipinski definition) is 2. The van der Waals surface area contributed by atoms with E-state index in [2.05, 4.69) is 10.3 Å². The molecule has 2 N–H and O–H groups in total. The number of carboxylic acid groups (broad SMARTS) is 1. The summed E-state index contributed by atoms with van der Waals surface area (Å²) < 4.78 is 5.71. The number of anilines is 1. The van der Waals surface area contributed by atoms with Crippen molar-refractivity contribution >= 4 is 17.7 Å². The van der Waals surface area contributed by atoms with Gasteiger partial charge in [-0.25, -0.2) is 4.79 Å². The van der Waals surface area contributed by atoms with Crippen LogP contribution in [0.4, 0.5) is 10.5 Å². The van der Waals surface area contributed by atoms with Gasteiger partial charge < -0.3 is 20.1 Å². The molecule has 0 spiro atoms. The number of ether oxygens (including phenoxy) is 1. The number of carboxylic acids is 1. The molecule has 1 aliphatic rings. The maximum Gasteiger partial charge on any atom is 0.321 e. The lowest BCUT2D eigenvalue weighted by Crippen LogP contribution is -2.47. The van der Waals surface area contributed by atoms with Gasteiger partial charge >= 0.3 is 12.0 Å². The van der Waals surface area contributed by atoms with E-state index in [1.807, 2.05) is 19.1 Å². The molecule has 1 fully saturated rings. The monoisotopic (exact) mass is 369 g/mol. The van der Waals surface area contributed by atoms with Crippen molar-refractivity contribution in [1.29, 1.82) is 0 Å². The fraction of sp³-hybridized carbons (Fsp3) is 0.350. The van der Waals surface area contributed by atoms with Crippen LogP contribution in [0.5, 0.6) is 5.75 Å². The number of nitrogens with one attached hydrogen (secondary N) is 1. The molecular formula is C20H23N3O4. The Labute approximate surface area is 158 Å². The molecule has 1 aromatic carbocycles. The Balaban J connectivity index is 1.54. The number of urea groups is 1. The maximum absolute atomic E-state index is 12.5. The zero-order valence-electron chi connectivity index (χ0n) is 15.2. The first-order chi connectivity index (χ1) is 13.0. The molecule has 0 bridgehead atoms. The van der Waals surface area contributed by atoms with Crippen LogP contribution in [0, 0.1) is 11.8 Å². The standard InChI is InChI=1S/C20H23N3O4/c1-14-10-16(19(24)25)12-23(11-14)20(26)22-17-2-4-18(5-3-17)27-13-15-6-8-21-9-7-15/h2-9,14,16H,10-13H2,1H3,(H,22,26)(H,24,25). The van der Waals surface area contributed by atoms with Crippen molar-refractivity contribution in [2.24, 2.45) is 11.8 Å².